The van der Waals surface area contributed by atoms with Gasteiger partial charge < -0.3 is 9.64 Å². The Morgan fingerprint density at radius 2 is 1.87 bits per heavy atom. The lowest BCUT2D eigenvalue weighted by Gasteiger charge is -2.38. The number of carbonyl (C=O) groups excluding carboxylic acids is 1. The van der Waals surface area contributed by atoms with Crippen molar-refractivity contribution in [3.05, 3.63) is 0 Å². The second-order valence-corrected chi connectivity index (χ2v) is 6.70. The molecular weight excluding hydrogens is 311 g/mol. The number of likely N-dealkylation sites (tertiary alicyclic amines) is 1. The first-order valence-electron chi connectivity index (χ1n) is 8.26. The number of carbonyl (C=O) groups is 1. The van der Waals surface area contributed by atoms with Crippen LogP contribution in [0.4, 0.5) is 13.2 Å². The molecule has 0 spiro atoms. The zero-order valence-electron chi connectivity index (χ0n) is 13.2. The van der Waals surface area contributed by atoms with Crippen LogP contribution in [0, 0.1) is 11.8 Å². The van der Waals surface area contributed by atoms with Gasteiger partial charge in [0.1, 0.15) is 0 Å². The molecule has 0 bridgehead atoms. The van der Waals surface area contributed by atoms with Crippen molar-refractivity contribution in [1.29, 1.82) is 0 Å². The van der Waals surface area contributed by atoms with Crippen molar-refractivity contribution in [3.63, 3.8) is 0 Å². The molecule has 1 aliphatic carbocycles. The second kappa shape index (κ2) is 6.03. The molecule has 1 saturated carbocycles. The van der Waals surface area contributed by atoms with Crippen molar-refractivity contribution in [1.82, 2.24) is 4.90 Å². The monoisotopic (exact) mass is 333 g/mol. The van der Waals surface area contributed by atoms with Gasteiger partial charge in [-0.15, -0.1) is 10.2 Å². The molecule has 0 aromatic rings. The molecule has 0 aromatic heterocycles. The van der Waals surface area contributed by atoms with Gasteiger partial charge in [-0.3, -0.25) is 4.79 Å². The van der Waals surface area contributed by atoms with E-state index >= 15 is 0 Å². The average Bonchev–Trinajstić information content (AvgIpc) is 3.26. The Labute approximate surface area is 133 Å². The quantitative estimate of drug-likeness (QED) is 0.776. The van der Waals surface area contributed by atoms with Crippen LogP contribution in [0.3, 0.4) is 0 Å². The lowest BCUT2D eigenvalue weighted by Crippen LogP contribution is -2.48. The minimum absolute atomic E-state index is 0.0501. The van der Waals surface area contributed by atoms with E-state index in [1.807, 2.05) is 6.92 Å². The second-order valence-electron chi connectivity index (χ2n) is 6.70. The van der Waals surface area contributed by atoms with Crippen molar-refractivity contribution >= 4 is 5.91 Å². The molecule has 1 saturated heterocycles. The maximum atomic E-state index is 13.0. The van der Waals surface area contributed by atoms with Gasteiger partial charge in [0.2, 0.25) is 5.91 Å². The molecule has 2 aliphatic heterocycles. The number of halogens is 3. The van der Waals surface area contributed by atoms with Gasteiger partial charge in [0.15, 0.2) is 0 Å². The van der Waals surface area contributed by atoms with Crippen LogP contribution < -0.4 is 0 Å². The van der Waals surface area contributed by atoms with Gasteiger partial charge in [-0.05, 0) is 38.5 Å². The van der Waals surface area contributed by atoms with Gasteiger partial charge in [-0.1, -0.05) is 0 Å². The Morgan fingerprint density at radius 1 is 1.26 bits per heavy atom. The first-order valence-corrected chi connectivity index (χ1v) is 8.26. The Morgan fingerprint density at radius 3 is 2.35 bits per heavy atom. The fourth-order valence-corrected chi connectivity index (χ4v) is 3.68. The minimum Gasteiger partial charge on any atom is -0.378 e. The van der Waals surface area contributed by atoms with Crippen molar-refractivity contribution in [2.75, 3.05) is 19.7 Å². The highest BCUT2D eigenvalue weighted by molar-refractivity contribution is 5.76. The molecule has 0 unspecified atom stereocenters. The predicted molar refractivity (Wildman–Crippen MR) is 75.7 cm³/mol. The molecule has 130 valence electrons. The Hall–Kier alpha value is -1.18. The lowest BCUT2D eigenvalue weighted by molar-refractivity contribution is -0.180. The summed E-state index contributed by atoms with van der Waals surface area (Å²) < 4.78 is 44.4. The molecule has 1 amide bonds. The molecule has 2 fully saturated rings. The number of hydrogen-bond acceptors (Lipinski definition) is 4. The van der Waals surface area contributed by atoms with Gasteiger partial charge in [0.05, 0.1) is 6.10 Å². The first kappa shape index (κ1) is 16.7. The number of hydrogen-bond donors (Lipinski definition) is 0. The fourth-order valence-electron chi connectivity index (χ4n) is 3.68. The van der Waals surface area contributed by atoms with E-state index in [0.717, 1.165) is 12.8 Å². The summed E-state index contributed by atoms with van der Waals surface area (Å²) in [6, 6.07) is 0. The summed E-state index contributed by atoms with van der Waals surface area (Å²) >= 11 is 0. The standard InChI is InChI=1S/C15H22F3N3O2/c1-2-23-12-7-10(8-12)9-13(22)21-5-3-11(4-6-21)14(19-20-14)15(16,17)18/h10-12H,2-9H2,1H3. The van der Waals surface area contributed by atoms with Crippen LogP contribution in [-0.2, 0) is 9.53 Å². The molecular formula is C15H22F3N3O2. The van der Waals surface area contributed by atoms with E-state index in [-0.39, 0.29) is 12.0 Å². The van der Waals surface area contributed by atoms with E-state index < -0.39 is 17.8 Å². The number of piperidine rings is 1. The SMILES string of the molecule is CCOC1CC(CC(=O)N2CCC(C3(C(F)(F)F)N=N3)CC2)C1. The van der Waals surface area contributed by atoms with E-state index in [2.05, 4.69) is 10.2 Å². The Bertz CT molecular complexity index is 475. The fraction of sp³-hybridized carbons (Fsp3) is 0.933. The summed E-state index contributed by atoms with van der Waals surface area (Å²) in [6.45, 7) is 3.38. The first-order chi connectivity index (χ1) is 10.9. The van der Waals surface area contributed by atoms with Crippen LogP contribution >= 0.6 is 0 Å². The predicted octanol–water partition coefficient (Wildman–Crippen LogP) is 3.15. The summed E-state index contributed by atoms with van der Waals surface area (Å²) in [4.78, 5) is 13.9. The molecule has 8 heteroatoms. The Balaban J connectivity index is 1.42. The smallest absolute Gasteiger partial charge is 0.378 e. The van der Waals surface area contributed by atoms with Crippen LogP contribution in [-0.4, -0.2) is 48.4 Å². The maximum Gasteiger partial charge on any atom is 0.437 e. The highest BCUT2D eigenvalue weighted by atomic mass is 19.4. The summed E-state index contributed by atoms with van der Waals surface area (Å²) in [6.07, 6.45) is -1.23. The number of nitrogens with zero attached hydrogens (tertiary/aromatic N) is 3. The lowest BCUT2D eigenvalue weighted by atomic mass is 9.79. The molecule has 3 aliphatic rings. The van der Waals surface area contributed by atoms with E-state index in [9.17, 15) is 18.0 Å². The third-order valence-electron chi connectivity index (χ3n) is 5.21. The molecule has 0 radical (unpaired) electrons. The van der Waals surface area contributed by atoms with E-state index in [1.54, 1.807) is 4.90 Å². The largest absolute Gasteiger partial charge is 0.437 e. The van der Waals surface area contributed by atoms with E-state index in [1.165, 1.54) is 0 Å². The van der Waals surface area contributed by atoms with Crippen LogP contribution in [0.1, 0.15) is 39.0 Å². The highest BCUT2D eigenvalue weighted by Gasteiger charge is 2.68. The maximum absolute atomic E-state index is 13.0. The number of alkyl halides is 3. The van der Waals surface area contributed by atoms with Crippen molar-refractivity contribution < 1.29 is 22.7 Å². The summed E-state index contributed by atoms with van der Waals surface area (Å²) in [5.41, 5.74) is -2.18. The van der Waals surface area contributed by atoms with Crippen molar-refractivity contribution in [2.45, 2.75) is 57.0 Å². The van der Waals surface area contributed by atoms with E-state index in [0.29, 0.717) is 44.9 Å². The number of rotatable bonds is 5. The summed E-state index contributed by atoms with van der Waals surface area (Å²) in [5, 5.41) is 6.56. The Kier molecular flexibility index (Phi) is 4.37. The van der Waals surface area contributed by atoms with E-state index in [4.69, 9.17) is 4.74 Å². The minimum atomic E-state index is -4.41. The van der Waals surface area contributed by atoms with Gasteiger partial charge in [0, 0.05) is 32.0 Å². The molecule has 5 nitrogen and oxygen atoms in total. The number of amides is 1. The van der Waals surface area contributed by atoms with Gasteiger partial charge in [0.25, 0.3) is 5.66 Å². The molecule has 0 N–H and O–H groups in total. The third kappa shape index (κ3) is 3.22. The van der Waals surface area contributed by atoms with Crippen molar-refractivity contribution in [2.24, 2.45) is 22.1 Å². The zero-order valence-corrected chi connectivity index (χ0v) is 13.2. The van der Waals surface area contributed by atoms with Gasteiger partial charge in [-0.2, -0.15) is 13.2 Å². The van der Waals surface area contributed by atoms with Crippen molar-refractivity contribution in [3.8, 4) is 0 Å². The van der Waals surface area contributed by atoms with Crippen LogP contribution in [0.2, 0.25) is 0 Å². The zero-order chi connectivity index (χ0) is 16.7. The van der Waals surface area contributed by atoms with Crippen LogP contribution in [0.25, 0.3) is 0 Å². The molecule has 3 rings (SSSR count). The number of ether oxygens (including phenoxy) is 1. The topological polar surface area (TPSA) is 54.3 Å². The normalized spacial score (nSPS) is 30.2. The molecule has 0 atom stereocenters. The highest BCUT2D eigenvalue weighted by Crippen LogP contribution is 2.52. The average molecular weight is 333 g/mol. The molecule has 0 aromatic carbocycles. The van der Waals surface area contributed by atoms with Crippen LogP contribution in [0.15, 0.2) is 10.2 Å². The summed E-state index contributed by atoms with van der Waals surface area (Å²) in [7, 11) is 0. The molecule has 2 heterocycles. The molecule has 23 heavy (non-hydrogen) atoms. The van der Waals surface area contributed by atoms with Crippen LogP contribution in [0.5, 0.6) is 0 Å². The van der Waals surface area contributed by atoms with Gasteiger partial charge in [-0.25, -0.2) is 0 Å². The summed E-state index contributed by atoms with van der Waals surface area (Å²) in [5.74, 6) is -0.224. The third-order valence-corrected chi connectivity index (χ3v) is 5.21. The van der Waals surface area contributed by atoms with Gasteiger partial charge >= 0.3 is 6.18 Å².